The van der Waals surface area contributed by atoms with Crippen molar-refractivity contribution >= 4 is 11.4 Å². The second-order valence-electron chi connectivity index (χ2n) is 5.91. The molecule has 0 atom stereocenters. The van der Waals surface area contributed by atoms with E-state index in [-0.39, 0.29) is 10.6 Å². The Bertz CT molecular complexity index is 491. The number of rotatable bonds is 4. The predicted octanol–water partition coefficient (Wildman–Crippen LogP) is 2.76. The summed E-state index contributed by atoms with van der Waals surface area (Å²) in [6.45, 7) is 3.50. The van der Waals surface area contributed by atoms with Gasteiger partial charge in [0.2, 0.25) is 0 Å². The monoisotopic (exact) mass is 306 g/mol. The van der Waals surface area contributed by atoms with Gasteiger partial charge in [-0.3, -0.25) is 10.1 Å². The summed E-state index contributed by atoms with van der Waals surface area (Å²) < 4.78 is 11.5. The average molecular weight is 306 g/mol. The first-order valence-electron chi connectivity index (χ1n) is 7.95. The van der Waals surface area contributed by atoms with E-state index >= 15 is 0 Å². The Balaban J connectivity index is 1.49. The number of hydrogen-bond acceptors (Lipinski definition) is 5. The minimum Gasteiger partial charge on any atom is -0.381 e. The van der Waals surface area contributed by atoms with Crippen molar-refractivity contribution in [1.82, 2.24) is 0 Å². The SMILES string of the molecule is O=[N+]([O-])c1ccc(N2CCC(OC3CCOCC3)CC2)cc1. The lowest BCUT2D eigenvalue weighted by molar-refractivity contribution is -0.384. The molecule has 0 spiro atoms. The number of piperidine rings is 1. The minimum atomic E-state index is -0.363. The van der Waals surface area contributed by atoms with Crippen LogP contribution in [0.4, 0.5) is 11.4 Å². The predicted molar refractivity (Wildman–Crippen MR) is 83.3 cm³/mol. The second-order valence-corrected chi connectivity index (χ2v) is 5.91. The molecule has 0 radical (unpaired) electrons. The quantitative estimate of drug-likeness (QED) is 0.632. The largest absolute Gasteiger partial charge is 0.381 e. The highest BCUT2D eigenvalue weighted by Crippen LogP contribution is 2.25. The Labute approximate surface area is 130 Å². The van der Waals surface area contributed by atoms with Crippen LogP contribution in [0.3, 0.4) is 0 Å². The zero-order chi connectivity index (χ0) is 15.4. The van der Waals surface area contributed by atoms with Gasteiger partial charge in [-0.05, 0) is 37.8 Å². The zero-order valence-corrected chi connectivity index (χ0v) is 12.6. The van der Waals surface area contributed by atoms with Gasteiger partial charge in [-0.1, -0.05) is 0 Å². The van der Waals surface area contributed by atoms with Gasteiger partial charge in [0.15, 0.2) is 0 Å². The highest BCUT2D eigenvalue weighted by Gasteiger charge is 2.24. The van der Waals surface area contributed by atoms with Crippen molar-refractivity contribution in [2.45, 2.75) is 37.9 Å². The van der Waals surface area contributed by atoms with Crippen LogP contribution < -0.4 is 4.90 Å². The van der Waals surface area contributed by atoms with Gasteiger partial charge in [0.25, 0.3) is 5.69 Å². The smallest absolute Gasteiger partial charge is 0.269 e. The van der Waals surface area contributed by atoms with Crippen LogP contribution in [-0.2, 0) is 9.47 Å². The third kappa shape index (κ3) is 3.75. The molecule has 2 saturated heterocycles. The van der Waals surface area contributed by atoms with Crippen LogP contribution in [0.15, 0.2) is 24.3 Å². The Kier molecular flexibility index (Phi) is 4.90. The van der Waals surface area contributed by atoms with Gasteiger partial charge >= 0.3 is 0 Å². The van der Waals surface area contributed by atoms with Gasteiger partial charge in [-0.2, -0.15) is 0 Å². The molecule has 2 aliphatic heterocycles. The standard InChI is InChI=1S/C16H22N2O4/c19-18(20)14-3-1-13(2-4-14)17-9-5-15(6-10-17)22-16-7-11-21-12-8-16/h1-4,15-16H,5-12H2. The summed E-state index contributed by atoms with van der Waals surface area (Å²) >= 11 is 0. The van der Waals surface area contributed by atoms with E-state index in [0.717, 1.165) is 57.7 Å². The number of benzene rings is 1. The van der Waals surface area contributed by atoms with Gasteiger partial charge < -0.3 is 14.4 Å². The molecule has 6 nitrogen and oxygen atoms in total. The molecule has 2 heterocycles. The maximum atomic E-state index is 10.7. The molecule has 0 amide bonds. The fraction of sp³-hybridized carbons (Fsp3) is 0.625. The second kappa shape index (κ2) is 7.07. The molecule has 0 N–H and O–H groups in total. The van der Waals surface area contributed by atoms with Crippen molar-refractivity contribution in [2.24, 2.45) is 0 Å². The summed E-state index contributed by atoms with van der Waals surface area (Å²) in [5.74, 6) is 0. The van der Waals surface area contributed by atoms with Crippen LogP contribution in [0.1, 0.15) is 25.7 Å². The number of nitro benzene ring substituents is 1. The summed E-state index contributed by atoms with van der Waals surface area (Å²) in [5, 5.41) is 10.7. The maximum absolute atomic E-state index is 10.7. The third-order valence-electron chi connectivity index (χ3n) is 4.42. The number of nitrogens with zero attached hydrogens (tertiary/aromatic N) is 2. The van der Waals surface area contributed by atoms with Crippen molar-refractivity contribution in [3.05, 3.63) is 34.4 Å². The molecule has 0 unspecified atom stereocenters. The van der Waals surface area contributed by atoms with E-state index < -0.39 is 0 Å². The number of ether oxygens (including phenoxy) is 2. The first kappa shape index (κ1) is 15.2. The number of nitro groups is 1. The van der Waals surface area contributed by atoms with E-state index in [2.05, 4.69) is 4.90 Å². The molecular weight excluding hydrogens is 284 g/mol. The first-order chi connectivity index (χ1) is 10.7. The van der Waals surface area contributed by atoms with E-state index in [4.69, 9.17) is 9.47 Å². The van der Waals surface area contributed by atoms with Crippen LogP contribution in [0.2, 0.25) is 0 Å². The maximum Gasteiger partial charge on any atom is 0.269 e. The minimum absolute atomic E-state index is 0.140. The average Bonchev–Trinajstić information content (AvgIpc) is 2.57. The van der Waals surface area contributed by atoms with Crippen molar-refractivity contribution in [1.29, 1.82) is 0 Å². The Hall–Kier alpha value is -1.66. The van der Waals surface area contributed by atoms with Gasteiger partial charge in [0, 0.05) is 44.1 Å². The van der Waals surface area contributed by atoms with Crippen LogP contribution in [-0.4, -0.2) is 43.4 Å². The lowest BCUT2D eigenvalue weighted by atomic mass is 10.1. The highest BCUT2D eigenvalue weighted by atomic mass is 16.6. The normalized spacial score (nSPS) is 21.0. The molecule has 0 aromatic heterocycles. The van der Waals surface area contributed by atoms with Gasteiger partial charge in [-0.15, -0.1) is 0 Å². The molecule has 6 heteroatoms. The molecule has 0 bridgehead atoms. The molecule has 120 valence electrons. The van der Waals surface area contributed by atoms with E-state index in [1.165, 1.54) is 0 Å². The number of anilines is 1. The Morgan fingerprint density at radius 2 is 1.64 bits per heavy atom. The fourth-order valence-corrected chi connectivity index (χ4v) is 3.12. The molecule has 1 aromatic rings. The lowest BCUT2D eigenvalue weighted by Crippen LogP contribution is -2.39. The Morgan fingerprint density at radius 3 is 2.23 bits per heavy atom. The van der Waals surface area contributed by atoms with E-state index in [9.17, 15) is 10.1 Å². The molecule has 2 aliphatic rings. The van der Waals surface area contributed by atoms with Gasteiger partial charge in [0.1, 0.15) is 0 Å². The Morgan fingerprint density at radius 1 is 1.05 bits per heavy atom. The zero-order valence-electron chi connectivity index (χ0n) is 12.6. The number of non-ortho nitro benzene ring substituents is 1. The molecule has 0 aliphatic carbocycles. The van der Waals surface area contributed by atoms with Crippen LogP contribution >= 0.6 is 0 Å². The highest BCUT2D eigenvalue weighted by molar-refractivity contribution is 5.51. The fourth-order valence-electron chi connectivity index (χ4n) is 3.12. The summed E-state index contributed by atoms with van der Waals surface area (Å²) in [7, 11) is 0. The first-order valence-corrected chi connectivity index (χ1v) is 7.95. The van der Waals surface area contributed by atoms with Crippen molar-refractivity contribution < 1.29 is 14.4 Å². The molecule has 1 aromatic carbocycles. The molecule has 3 rings (SSSR count). The van der Waals surface area contributed by atoms with Crippen molar-refractivity contribution in [3.63, 3.8) is 0 Å². The van der Waals surface area contributed by atoms with E-state index in [1.807, 2.05) is 12.1 Å². The summed E-state index contributed by atoms with van der Waals surface area (Å²) in [4.78, 5) is 12.6. The van der Waals surface area contributed by atoms with Crippen molar-refractivity contribution in [2.75, 3.05) is 31.2 Å². The van der Waals surface area contributed by atoms with E-state index in [0.29, 0.717) is 12.2 Å². The summed E-state index contributed by atoms with van der Waals surface area (Å²) in [6.07, 6.45) is 4.70. The summed E-state index contributed by atoms with van der Waals surface area (Å²) in [6, 6.07) is 6.80. The van der Waals surface area contributed by atoms with Crippen LogP contribution in [0, 0.1) is 10.1 Å². The summed E-state index contributed by atoms with van der Waals surface area (Å²) in [5.41, 5.74) is 1.19. The van der Waals surface area contributed by atoms with Crippen LogP contribution in [0.5, 0.6) is 0 Å². The lowest BCUT2D eigenvalue weighted by Gasteiger charge is -2.36. The van der Waals surface area contributed by atoms with Crippen LogP contribution in [0.25, 0.3) is 0 Å². The topological polar surface area (TPSA) is 64.8 Å². The molecule has 0 saturated carbocycles. The third-order valence-corrected chi connectivity index (χ3v) is 4.42. The van der Waals surface area contributed by atoms with Crippen molar-refractivity contribution in [3.8, 4) is 0 Å². The molecular formula is C16H22N2O4. The molecule has 2 fully saturated rings. The van der Waals surface area contributed by atoms with Gasteiger partial charge in [-0.25, -0.2) is 0 Å². The number of hydrogen-bond donors (Lipinski definition) is 0. The molecule has 22 heavy (non-hydrogen) atoms. The van der Waals surface area contributed by atoms with E-state index in [1.54, 1.807) is 12.1 Å². The van der Waals surface area contributed by atoms with Gasteiger partial charge in [0.05, 0.1) is 17.1 Å².